The van der Waals surface area contributed by atoms with Crippen LogP contribution in [-0.2, 0) is 22.4 Å². The van der Waals surface area contributed by atoms with Gasteiger partial charge in [-0.25, -0.2) is 9.67 Å². The molecule has 42 heavy (non-hydrogen) atoms. The highest BCUT2D eigenvalue weighted by atomic mass is 35.5. The van der Waals surface area contributed by atoms with Crippen molar-refractivity contribution in [1.29, 1.82) is 0 Å². The summed E-state index contributed by atoms with van der Waals surface area (Å²) in [5.74, 6) is 0.709. The summed E-state index contributed by atoms with van der Waals surface area (Å²) in [6.45, 7) is 19.9. The topological polar surface area (TPSA) is 85.1 Å². The molecule has 2 atom stereocenters. The van der Waals surface area contributed by atoms with Crippen molar-refractivity contribution >= 4 is 42.2 Å². The van der Waals surface area contributed by atoms with Gasteiger partial charge in [-0.05, 0) is 81.7 Å². The van der Waals surface area contributed by atoms with Gasteiger partial charge in [0.1, 0.15) is 0 Å². The molecule has 0 radical (unpaired) electrons. The van der Waals surface area contributed by atoms with Gasteiger partial charge in [0, 0.05) is 10.9 Å². The first-order valence-electron chi connectivity index (χ1n) is 14.6. The van der Waals surface area contributed by atoms with E-state index in [4.69, 9.17) is 26.0 Å². The van der Waals surface area contributed by atoms with E-state index in [0.717, 1.165) is 46.4 Å². The van der Waals surface area contributed by atoms with Crippen LogP contribution >= 0.6 is 11.6 Å². The summed E-state index contributed by atoms with van der Waals surface area (Å²) < 4.78 is 22.2. The zero-order valence-electron chi connectivity index (χ0n) is 26.3. The van der Waals surface area contributed by atoms with Crippen LogP contribution in [0.4, 0.5) is 0 Å². The molecule has 1 unspecified atom stereocenters. The van der Waals surface area contributed by atoms with Crippen LogP contribution in [0.15, 0.2) is 54.7 Å². The second-order valence-electron chi connectivity index (χ2n) is 13.3. The largest absolute Gasteiger partial charge is 0.411 e. The number of pyridine rings is 2. The average molecular weight is 627 g/mol. The fourth-order valence-electron chi connectivity index (χ4n) is 4.22. The fourth-order valence-corrected chi connectivity index (χ4v) is 6.29. The van der Waals surface area contributed by atoms with Crippen molar-refractivity contribution in [2.75, 3.05) is 0 Å². The third kappa shape index (κ3) is 7.44. The van der Waals surface area contributed by atoms with Crippen LogP contribution in [0.2, 0.25) is 23.2 Å². The number of fused-ring (bicyclic) bond motifs is 1. The number of aromatic nitrogens is 4. The van der Waals surface area contributed by atoms with Gasteiger partial charge in [0.15, 0.2) is 18.9 Å². The molecule has 226 valence electrons. The zero-order chi connectivity index (χ0) is 30.9. The molecule has 0 aliphatic carbocycles. The lowest BCUT2D eigenvalue weighted by molar-refractivity contribution is 0.272. The Hall–Kier alpha value is -2.27. The molecule has 3 heterocycles. The summed E-state index contributed by atoms with van der Waals surface area (Å²) in [7, 11) is -1.91. The van der Waals surface area contributed by atoms with Crippen LogP contribution in [0, 0.1) is 0 Å². The smallest absolute Gasteiger partial charge is 0.240 e. The van der Waals surface area contributed by atoms with E-state index in [-0.39, 0.29) is 15.8 Å². The third-order valence-corrected chi connectivity index (χ3v) is 14.3. The van der Waals surface area contributed by atoms with Crippen LogP contribution in [-0.4, -0.2) is 37.4 Å². The molecule has 2 N–H and O–H groups in total. The molecule has 0 amide bonds. The quantitative estimate of drug-likeness (QED) is 0.135. The Morgan fingerprint density at radius 1 is 1.05 bits per heavy atom. The molecule has 7 nitrogen and oxygen atoms in total. The molecule has 0 saturated carbocycles. The third-order valence-electron chi connectivity index (χ3n) is 7.87. The lowest BCUT2D eigenvalue weighted by Crippen LogP contribution is -2.41. The normalized spacial score (nSPS) is 14.4. The Bertz CT molecular complexity index is 1530. The number of benzene rings is 1. The molecule has 4 aromatic rings. The average Bonchev–Trinajstić information content (AvgIpc) is 3.35. The van der Waals surface area contributed by atoms with Crippen LogP contribution < -0.4 is 4.72 Å². The van der Waals surface area contributed by atoms with Crippen molar-refractivity contribution in [2.45, 2.75) is 96.8 Å². The maximum Gasteiger partial charge on any atom is 0.240 e. The van der Waals surface area contributed by atoms with Crippen molar-refractivity contribution in [3.63, 3.8) is 0 Å². The summed E-state index contributed by atoms with van der Waals surface area (Å²) in [4.78, 5) is 9.92. The summed E-state index contributed by atoms with van der Waals surface area (Å²) in [6, 6.07) is 15.9. The van der Waals surface area contributed by atoms with E-state index in [1.807, 2.05) is 67.9 Å². The Balaban J connectivity index is 1.67. The second kappa shape index (κ2) is 12.8. The number of rotatable bonds is 10. The molecule has 0 aliphatic rings. The Morgan fingerprint density at radius 3 is 2.43 bits per heavy atom. The highest BCUT2D eigenvalue weighted by Gasteiger charge is 2.38. The van der Waals surface area contributed by atoms with Crippen molar-refractivity contribution in [2.24, 2.45) is 0 Å². The zero-order valence-corrected chi connectivity index (χ0v) is 28.9. The molecule has 3 aromatic heterocycles. The van der Waals surface area contributed by atoms with Crippen LogP contribution in [0.5, 0.6) is 0 Å². The fraction of sp³-hybridized carbons (Fsp3) is 0.469. The predicted octanol–water partition coefficient (Wildman–Crippen LogP) is 8.89. The van der Waals surface area contributed by atoms with Gasteiger partial charge in [-0.15, -0.1) is 0 Å². The van der Waals surface area contributed by atoms with Crippen LogP contribution in [0.1, 0.15) is 78.7 Å². The summed E-state index contributed by atoms with van der Waals surface area (Å²) in [5.41, 5.74) is 4.32. The molecular formula is C32H45ClN5O2SSi+. The molecule has 0 saturated heterocycles. The number of halogens is 1. The van der Waals surface area contributed by atoms with E-state index < -0.39 is 19.7 Å². The van der Waals surface area contributed by atoms with Crippen molar-refractivity contribution < 1.29 is 8.98 Å². The lowest BCUT2D eigenvalue weighted by atomic mass is 10.1. The first-order chi connectivity index (χ1) is 19.6. The van der Waals surface area contributed by atoms with E-state index in [0.29, 0.717) is 17.4 Å². The first-order valence-corrected chi connectivity index (χ1v) is 19.0. The minimum Gasteiger partial charge on any atom is -0.411 e. The predicted molar refractivity (Wildman–Crippen MR) is 180 cm³/mol. The molecule has 10 heteroatoms. The number of nitrogens with zero attached hydrogens (tertiary/aromatic N) is 4. The maximum atomic E-state index is 10.8. The highest BCUT2D eigenvalue weighted by molar-refractivity contribution is 7.90. The van der Waals surface area contributed by atoms with E-state index in [9.17, 15) is 4.55 Å². The van der Waals surface area contributed by atoms with E-state index in [2.05, 4.69) is 56.7 Å². The first kappa shape index (κ1) is 32.6. The van der Waals surface area contributed by atoms with Crippen LogP contribution in [0.25, 0.3) is 28.0 Å². The molecule has 0 spiro atoms. The van der Waals surface area contributed by atoms with E-state index in [1.165, 1.54) is 0 Å². The van der Waals surface area contributed by atoms with Gasteiger partial charge in [0.05, 0.1) is 46.5 Å². The molecule has 1 aromatic carbocycles. The molecule has 0 bridgehead atoms. The van der Waals surface area contributed by atoms with Crippen molar-refractivity contribution in [3.05, 3.63) is 71.1 Å². The summed E-state index contributed by atoms with van der Waals surface area (Å²) in [6.07, 6.45) is 3.61. The number of hydrogen-bond donors (Lipinski definition) is 2. The minimum atomic E-state index is -1.91. The Labute approximate surface area is 259 Å². The monoisotopic (exact) mass is 626 g/mol. The Kier molecular flexibility index (Phi) is 9.91. The number of nitrogens with one attached hydrogen (secondary N) is 1. The van der Waals surface area contributed by atoms with Crippen molar-refractivity contribution in [3.8, 4) is 17.1 Å². The lowest BCUT2D eigenvalue weighted by Gasteiger charge is -2.36. The van der Waals surface area contributed by atoms with Crippen LogP contribution in [0.3, 0.4) is 0 Å². The highest BCUT2D eigenvalue weighted by Crippen LogP contribution is 2.37. The van der Waals surface area contributed by atoms with Gasteiger partial charge in [-0.1, -0.05) is 62.6 Å². The van der Waals surface area contributed by atoms with Gasteiger partial charge in [-0.2, -0.15) is 9.65 Å². The molecular weight excluding hydrogens is 582 g/mol. The summed E-state index contributed by atoms with van der Waals surface area (Å²) in [5, 5.41) is 6.23. The standard InChI is InChI=1S/C32H45ClN5O2SSi/c1-10-13-28(37-41(39)31(2,3)4)27-16-12-15-26(36-27)22-18-25(33)24-20-34-38(29(24)19-22)30-17-11-14-23(35-30)21-40-42(8,9)32(5,6)7/h11-12,14-20,28,37,39H,10,13,21H2,1-9H3/q+1/t28-,41?/m0/s1. The molecule has 4 rings (SSSR count). The SMILES string of the molecule is CCC[C@H](N[S+](O)C(C)(C)C)c1cccc(-c2cc(Cl)c3cnn(-c4cccc(CO[Si](C)(C)C(C)(C)C)n4)c3c2)n1. The molecule has 0 aliphatic heterocycles. The second-order valence-corrected chi connectivity index (χ2v) is 20.5. The van der Waals surface area contributed by atoms with E-state index >= 15 is 0 Å². The molecule has 0 fully saturated rings. The van der Waals surface area contributed by atoms with Gasteiger partial charge in [0.2, 0.25) is 11.4 Å². The number of hydrogen-bond acceptors (Lipinski definition) is 6. The van der Waals surface area contributed by atoms with Crippen molar-refractivity contribution in [1.82, 2.24) is 24.5 Å². The van der Waals surface area contributed by atoms with E-state index in [1.54, 1.807) is 6.20 Å². The Morgan fingerprint density at radius 2 is 1.76 bits per heavy atom. The van der Waals surface area contributed by atoms with Gasteiger partial charge < -0.3 is 4.43 Å². The van der Waals surface area contributed by atoms with Gasteiger partial charge in [0.25, 0.3) is 0 Å². The summed E-state index contributed by atoms with van der Waals surface area (Å²) >= 11 is 5.84. The minimum absolute atomic E-state index is 0.0623. The van der Waals surface area contributed by atoms with Gasteiger partial charge in [-0.3, -0.25) is 4.98 Å². The van der Waals surface area contributed by atoms with Gasteiger partial charge >= 0.3 is 0 Å². The maximum absolute atomic E-state index is 10.8.